The summed E-state index contributed by atoms with van der Waals surface area (Å²) in [7, 11) is 0. The zero-order valence-corrected chi connectivity index (χ0v) is 17.4. The Morgan fingerprint density at radius 2 is 1.87 bits per heavy atom. The number of aliphatic hydroxyl groups excluding tert-OH is 1. The minimum atomic E-state index is -1.08. The number of aryl methyl sites for hydroxylation is 1. The highest BCUT2D eigenvalue weighted by Crippen LogP contribution is 2.42. The van der Waals surface area contributed by atoms with Crippen molar-refractivity contribution < 1.29 is 24.7 Å². The van der Waals surface area contributed by atoms with E-state index in [-0.39, 0.29) is 17.8 Å². The number of amides is 2. The minimum absolute atomic E-state index is 0.0993. The largest absolute Gasteiger partial charge is 0.507 e. The Labute approximate surface area is 180 Å². The molecule has 0 spiro atoms. The monoisotopic (exact) mass is 423 g/mol. The van der Waals surface area contributed by atoms with Gasteiger partial charge in [0.1, 0.15) is 11.8 Å². The van der Waals surface area contributed by atoms with Gasteiger partial charge < -0.3 is 10.0 Å². The number of aromatic nitrogens is 1. The summed E-state index contributed by atoms with van der Waals surface area (Å²) in [5, 5.41) is 20.3. The number of carbonyl (C=O) groups is 3. The van der Waals surface area contributed by atoms with E-state index >= 15 is 0 Å². The molecule has 1 fully saturated rings. The molecule has 0 aliphatic carbocycles. The molecule has 162 valence electrons. The average Bonchev–Trinajstić information content (AvgIpc) is 3.05. The SMILES string of the molecule is CCCCC(C(=O)NO)N1C(=O)C(=O)/C(=C(/O)c2ccncc2)C1c1ccccc1C. The van der Waals surface area contributed by atoms with Crippen LogP contribution in [0.2, 0.25) is 0 Å². The molecule has 3 rings (SSSR count). The van der Waals surface area contributed by atoms with E-state index < -0.39 is 29.7 Å². The smallest absolute Gasteiger partial charge is 0.296 e. The number of hydrogen-bond acceptors (Lipinski definition) is 6. The number of carbonyl (C=O) groups excluding carboxylic acids is 3. The molecule has 1 aliphatic heterocycles. The van der Waals surface area contributed by atoms with Crippen LogP contribution in [0.25, 0.3) is 5.76 Å². The number of hydroxylamine groups is 1. The number of Topliss-reactive ketones (excluding diaryl/α,β-unsaturated/α-hetero) is 1. The Balaban J connectivity index is 2.25. The van der Waals surface area contributed by atoms with Crippen LogP contribution in [-0.4, -0.2) is 43.8 Å². The predicted octanol–water partition coefficient (Wildman–Crippen LogP) is 2.88. The molecule has 1 saturated heterocycles. The van der Waals surface area contributed by atoms with Crippen LogP contribution >= 0.6 is 0 Å². The van der Waals surface area contributed by atoms with Crippen LogP contribution in [0.4, 0.5) is 0 Å². The van der Waals surface area contributed by atoms with Gasteiger partial charge in [-0.3, -0.25) is 24.6 Å². The number of ketones is 1. The average molecular weight is 423 g/mol. The van der Waals surface area contributed by atoms with E-state index in [0.29, 0.717) is 17.5 Å². The molecule has 2 heterocycles. The standard InChI is InChI=1S/C23H25N3O5/c1-3-4-9-17(22(29)25-31)26-19(16-8-6-5-7-14(16)2)18(21(28)23(26)30)20(27)15-10-12-24-13-11-15/h5-8,10-13,17,19,27,31H,3-4,9H2,1-2H3,(H,25,29)/b20-18+. The number of nitrogens with one attached hydrogen (secondary N) is 1. The van der Waals surface area contributed by atoms with Crippen LogP contribution in [-0.2, 0) is 14.4 Å². The van der Waals surface area contributed by atoms with Crippen molar-refractivity contribution in [2.45, 2.75) is 45.2 Å². The number of hydrogen-bond donors (Lipinski definition) is 3. The Hall–Kier alpha value is -3.52. The number of benzene rings is 1. The summed E-state index contributed by atoms with van der Waals surface area (Å²) in [5.41, 5.74) is 3.26. The lowest BCUT2D eigenvalue weighted by Crippen LogP contribution is -2.48. The van der Waals surface area contributed by atoms with Gasteiger partial charge in [0.15, 0.2) is 0 Å². The summed E-state index contributed by atoms with van der Waals surface area (Å²) >= 11 is 0. The molecule has 8 nitrogen and oxygen atoms in total. The second-order valence-corrected chi connectivity index (χ2v) is 7.43. The lowest BCUT2D eigenvalue weighted by molar-refractivity contribution is -0.147. The third kappa shape index (κ3) is 4.20. The first kappa shape index (κ1) is 22.2. The molecule has 3 N–H and O–H groups in total. The van der Waals surface area contributed by atoms with E-state index in [9.17, 15) is 24.7 Å². The number of unbranched alkanes of at least 4 members (excludes halogenated alkanes) is 1. The second kappa shape index (κ2) is 9.53. The van der Waals surface area contributed by atoms with Gasteiger partial charge in [0.2, 0.25) is 0 Å². The van der Waals surface area contributed by atoms with Gasteiger partial charge in [-0.15, -0.1) is 0 Å². The molecule has 2 aromatic rings. The molecule has 31 heavy (non-hydrogen) atoms. The highest BCUT2D eigenvalue weighted by molar-refractivity contribution is 6.47. The van der Waals surface area contributed by atoms with Crippen molar-refractivity contribution in [1.29, 1.82) is 0 Å². The minimum Gasteiger partial charge on any atom is -0.507 e. The normalized spacial score (nSPS) is 18.8. The van der Waals surface area contributed by atoms with Gasteiger partial charge in [-0.25, -0.2) is 5.48 Å². The van der Waals surface area contributed by atoms with Gasteiger partial charge in [-0.1, -0.05) is 44.0 Å². The highest BCUT2D eigenvalue weighted by atomic mass is 16.5. The molecule has 0 radical (unpaired) electrons. The van der Waals surface area contributed by atoms with E-state index in [1.54, 1.807) is 17.6 Å². The third-order valence-corrected chi connectivity index (χ3v) is 5.50. The van der Waals surface area contributed by atoms with Crippen molar-refractivity contribution in [3.63, 3.8) is 0 Å². The number of nitrogens with zero attached hydrogens (tertiary/aromatic N) is 2. The Morgan fingerprint density at radius 3 is 2.48 bits per heavy atom. The number of pyridine rings is 1. The predicted molar refractivity (Wildman–Crippen MR) is 113 cm³/mol. The Morgan fingerprint density at radius 1 is 1.19 bits per heavy atom. The van der Waals surface area contributed by atoms with Crippen molar-refractivity contribution in [3.05, 3.63) is 71.1 Å². The van der Waals surface area contributed by atoms with Crippen LogP contribution in [0.5, 0.6) is 0 Å². The topological polar surface area (TPSA) is 120 Å². The first-order chi connectivity index (χ1) is 14.9. The van der Waals surface area contributed by atoms with E-state index in [4.69, 9.17) is 0 Å². The molecule has 1 aliphatic rings. The highest BCUT2D eigenvalue weighted by Gasteiger charge is 2.50. The van der Waals surface area contributed by atoms with E-state index in [1.165, 1.54) is 29.4 Å². The van der Waals surface area contributed by atoms with Crippen LogP contribution in [0.3, 0.4) is 0 Å². The first-order valence-electron chi connectivity index (χ1n) is 10.1. The van der Waals surface area contributed by atoms with Gasteiger partial charge in [0.05, 0.1) is 11.6 Å². The lowest BCUT2D eigenvalue weighted by atomic mass is 9.92. The van der Waals surface area contributed by atoms with Crippen molar-refractivity contribution in [2.75, 3.05) is 0 Å². The summed E-state index contributed by atoms with van der Waals surface area (Å²) in [6.45, 7) is 3.76. The summed E-state index contributed by atoms with van der Waals surface area (Å²) in [5.74, 6) is -2.89. The summed E-state index contributed by atoms with van der Waals surface area (Å²) in [4.78, 5) is 43.8. The molecule has 0 saturated carbocycles. The molecule has 2 atom stereocenters. The van der Waals surface area contributed by atoms with E-state index in [2.05, 4.69) is 4.98 Å². The lowest BCUT2D eigenvalue weighted by Gasteiger charge is -2.32. The third-order valence-electron chi connectivity index (χ3n) is 5.50. The van der Waals surface area contributed by atoms with Crippen molar-refractivity contribution in [1.82, 2.24) is 15.4 Å². The molecular formula is C23H25N3O5. The van der Waals surface area contributed by atoms with Gasteiger partial charge in [0, 0.05) is 18.0 Å². The van der Waals surface area contributed by atoms with Gasteiger partial charge in [-0.2, -0.15) is 0 Å². The van der Waals surface area contributed by atoms with Gasteiger partial charge in [-0.05, 0) is 36.6 Å². The van der Waals surface area contributed by atoms with Crippen LogP contribution in [0.15, 0.2) is 54.4 Å². The van der Waals surface area contributed by atoms with E-state index in [1.807, 2.05) is 26.0 Å². The summed E-state index contributed by atoms with van der Waals surface area (Å²) in [6.07, 6.45) is 4.55. The van der Waals surface area contributed by atoms with Gasteiger partial charge in [0.25, 0.3) is 17.6 Å². The van der Waals surface area contributed by atoms with Crippen LogP contribution < -0.4 is 5.48 Å². The maximum atomic E-state index is 13.1. The van der Waals surface area contributed by atoms with Crippen molar-refractivity contribution >= 4 is 23.4 Å². The second-order valence-electron chi connectivity index (χ2n) is 7.43. The molecule has 0 bridgehead atoms. The summed E-state index contributed by atoms with van der Waals surface area (Å²) in [6, 6.07) is 8.19. The fourth-order valence-corrected chi connectivity index (χ4v) is 3.90. The maximum Gasteiger partial charge on any atom is 0.296 e. The fraction of sp³-hybridized carbons (Fsp3) is 0.304. The fourth-order valence-electron chi connectivity index (χ4n) is 3.90. The molecule has 2 amide bonds. The van der Waals surface area contributed by atoms with Gasteiger partial charge >= 0.3 is 0 Å². The molecule has 8 heteroatoms. The number of aliphatic hydroxyl groups is 1. The maximum absolute atomic E-state index is 13.1. The molecule has 1 aromatic heterocycles. The van der Waals surface area contributed by atoms with Crippen LogP contribution in [0, 0.1) is 6.92 Å². The van der Waals surface area contributed by atoms with Crippen LogP contribution in [0.1, 0.15) is 48.9 Å². The Kier molecular flexibility index (Phi) is 6.81. The number of rotatable bonds is 7. The molecule has 2 unspecified atom stereocenters. The number of likely N-dealkylation sites (tertiary alicyclic amines) is 1. The van der Waals surface area contributed by atoms with Crippen molar-refractivity contribution in [3.8, 4) is 0 Å². The molecular weight excluding hydrogens is 398 g/mol. The zero-order valence-electron chi connectivity index (χ0n) is 17.4. The first-order valence-corrected chi connectivity index (χ1v) is 10.1. The quantitative estimate of drug-likeness (QED) is 0.207. The summed E-state index contributed by atoms with van der Waals surface area (Å²) < 4.78 is 0. The van der Waals surface area contributed by atoms with E-state index in [0.717, 1.165) is 12.0 Å². The Bertz CT molecular complexity index is 1020. The zero-order chi connectivity index (χ0) is 22.5. The van der Waals surface area contributed by atoms with Crippen molar-refractivity contribution in [2.24, 2.45) is 0 Å². The molecule has 1 aromatic carbocycles.